The van der Waals surface area contributed by atoms with Gasteiger partial charge in [0, 0.05) is 32.3 Å². The fraction of sp³-hybridized carbons (Fsp3) is 0.500. The zero-order chi connectivity index (χ0) is 11.6. The molecule has 2 N–H and O–H groups in total. The van der Waals surface area contributed by atoms with Crippen molar-refractivity contribution in [2.24, 2.45) is 0 Å². The number of aromatic nitrogens is 2. The van der Waals surface area contributed by atoms with Crippen LogP contribution in [-0.2, 0) is 14.8 Å². The van der Waals surface area contributed by atoms with E-state index in [1.54, 1.807) is 0 Å². The molecule has 1 amide bonds. The van der Waals surface area contributed by atoms with Crippen molar-refractivity contribution in [2.75, 3.05) is 19.6 Å². The van der Waals surface area contributed by atoms with Crippen LogP contribution in [0.3, 0.4) is 0 Å². The molecular formula is C8H12N4O3S. The van der Waals surface area contributed by atoms with Gasteiger partial charge in [-0.2, -0.15) is 9.40 Å². The van der Waals surface area contributed by atoms with Gasteiger partial charge < -0.3 is 5.32 Å². The Labute approximate surface area is 92.9 Å². The van der Waals surface area contributed by atoms with Crippen LogP contribution in [0.2, 0.25) is 0 Å². The van der Waals surface area contributed by atoms with Gasteiger partial charge in [-0.05, 0) is 0 Å². The number of rotatable bonds is 2. The number of H-pyrrole nitrogens is 1. The lowest BCUT2D eigenvalue weighted by Crippen LogP contribution is -2.34. The molecule has 0 saturated carbocycles. The second-order valence-electron chi connectivity index (χ2n) is 3.44. The molecule has 1 aliphatic heterocycles. The summed E-state index contributed by atoms with van der Waals surface area (Å²) in [6.45, 7) is 0.842. The Bertz CT molecular complexity index is 467. The molecule has 1 fully saturated rings. The number of sulfonamides is 1. The zero-order valence-corrected chi connectivity index (χ0v) is 9.33. The number of aromatic amines is 1. The number of carbonyl (C=O) groups excluding carboxylic acids is 1. The maximum Gasteiger partial charge on any atom is 0.246 e. The number of hydrogen-bond donors (Lipinski definition) is 2. The van der Waals surface area contributed by atoms with Gasteiger partial charge in [0.15, 0.2) is 0 Å². The lowest BCUT2D eigenvalue weighted by molar-refractivity contribution is -0.120. The van der Waals surface area contributed by atoms with Crippen LogP contribution in [0.15, 0.2) is 17.3 Å². The summed E-state index contributed by atoms with van der Waals surface area (Å²) in [5, 5.41) is 8.69. The van der Waals surface area contributed by atoms with Crippen LogP contribution in [0.5, 0.6) is 0 Å². The Morgan fingerprint density at radius 2 is 2.19 bits per heavy atom. The van der Waals surface area contributed by atoms with E-state index >= 15 is 0 Å². The van der Waals surface area contributed by atoms with Crippen molar-refractivity contribution in [1.29, 1.82) is 0 Å². The first-order valence-electron chi connectivity index (χ1n) is 4.86. The summed E-state index contributed by atoms with van der Waals surface area (Å²) in [5.74, 6) is -0.120. The molecule has 7 nitrogen and oxygen atoms in total. The van der Waals surface area contributed by atoms with E-state index in [4.69, 9.17) is 0 Å². The van der Waals surface area contributed by atoms with E-state index in [0.717, 1.165) is 0 Å². The molecule has 0 bridgehead atoms. The Kier molecular flexibility index (Phi) is 2.92. The van der Waals surface area contributed by atoms with Crippen LogP contribution in [0, 0.1) is 0 Å². The molecule has 1 aromatic heterocycles. The Hall–Kier alpha value is -1.41. The molecule has 0 aromatic carbocycles. The summed E-state index contributed by atoms with van der Waals surface area (Å²) >= 11 is 0. The van der Waals surface area contributed by atoms with Crippen LogP contribution in [0.1, 0.15) is 6.42 Å². The van der Waals surface area contributed by atoms with Gasteiger partial charge in [0.25, 0.3) is 0 Å². The van der Waals surface area contributed by atoms with Crippen molar-refractivity contribution >= 4 is 15.9 Å². The quantitative estimate of drug-likeness (QED) is 0.691. The lowest BCUT2D eigenvalue weighted by Gasteiger charge is -2.17. The average molecular weight is 244 g/mol. The minimum atomic E-state index is -3.52. The van der Waals surface area contributed by atoms with E-state index in [0.29, 0.717) is 13.1 Å². The minimum absolute atomic E-state index is 0.120. The van der Waals surface area contributed by atoms with Crippen LogP contribution in [-0.4, -0.2) is 48.5 Å². The maximum atomic E-state index is 12.0. The van der Waals surface area contributed by atoms with Gasteiger partial charge >= 0.3 is 0 Å². The van der Waals surface area contributed by atoms with E-state index in [9.17, 15) is 13.2 Å². The molecule has 0 aliphatic carbocycles. The zero-order valence-electron chi connectivity index (χ0n) is 8.51. The highest BCUT2D eigenvalue weighted by Crippen LogP contribution is 2.14. The van der Waals surface area contributed by atoms with E-state index in [2.05, 4.69) is 15.5 Å². The molecule has 0 radical (unpaired) electrons. The summed E-state index contributed by atoms with van der Waals surface area (Å²) < 4.78 is 25.4. The third kappa shape index (κ3) is 2.07. The molecule has 1 aromatic rings. The molecule has 0 atom stereocenters. The summed E-state index contributed by atoms with van der Waals surface area (Å²) in [7, 11) is -3.52. The number of hydrogen-bond acceptors (Lipinski definition) is 4. The van der Waals surface area contributed by atoms with E-state index in [-0.39, 0.29) is 23.8 Å². The van der Waals surface area contributed by atoms with Gasteiger partial charge in [0.2, 0.25) is 15.9 Å². The highest BCUT2D eigenvalue weighted by Gasteiger charge is 2.27. The van der Waals surface area contributed by atoms with Gasteiger partial charge in [-0.1, -0.05) is 0 Å². The fourth-order valence-electron chi connectivity index (χ4n) is 1.52. The van der Waals surface area contributed by atoms with Crippen molar-refractivity contribution < 1.29 is 13.2 Å². The number of carbonyl (C=O) groups is 1. The van der Waals surface area contributed by atoms with Crippen molar-refractivity contribution in [3.63, 3.8) is 0 Å². The summed E-state index contributed by atoms with van der Waals surface area (Å²) in [4.78, 5) is 11.2. The van der Waals surface area contributed by atoms with Crippen LogP contribution >= 0.6 is 0 Å². The molecule has 88 valence electrons. The molecule has 8 heteroatoms. The molecule has 1 saturated heterocycles. The minimum Gasteiger partial charge on any atom is -0.355 e. The molecule has 1 aliphatic rings. The highest BCUT2D eigenvalue weighted by atomic mass is 32.2. The first-order chi connectivity index (χ1) is 7.60. The summed E-state index contributed by atoms with van der Waals surface area (Å²) in [6.07, 6.45) is 2.78. The molecule has 16 heavy (non-hydrogen) atoms. The predicted molar refractivity (Wildman–Crippen MR) is 55.0 cm³/mol. The Morgan fingerprint density at radius 3 is 2.88 bits per heavy atom. The van der Waals surface area contributed by atoms with Crippen molar-refractivity contribution in [1.82, 2.24) is 19.8 Å². The molecular weight excluding hydrogens is 232 g/mol. The Balaban J connectivity index is 2.21. The monoisotopic (exact) mass is 244 g/mol. The summed E-state index contributed by atoms with van der Waals surface area (Å²) in [6, 6.07) is 0. The third-order valence-corrected chi connectivity index (χ3v) is 4.25. The van der Waals surface area contributed by atoms with Gasteiger partial charge in [-0.15, -0.1) is 0 Å². The number of nitrogens with one attached hydrogen (secondary N) is 2. The second-order valence-corrected chi connectivity index (χ2v) is 5.38. The van der Waals surface area contributed by atoms with Gasteiger partial charge in [0.05, 0.1) is 6.20 Å². The first-order valence-corrected chi connectivity index (χ1v) is 6.30. The predicted octanol–water partition coefficient (Wildman–Crippen LogP) is -1.08. The molecule has 2 heterocycles. The SMILES string of the molecule is O=C1CCN(S(=O)(=O)c2cn[nH]c2)CCN1. The van der Waals surface area contributed by atoms with Gasteiger partial charge in [-0.3, -0.25) is 9.89 Å². The van der Waals surface area contributed by atoms with Crippen molar-refractivity contribution in [3.8, 4) is 0 Å². The molecule has 0 spiro atoms. The third-order valence-electron chi connectivity index (χ3n) is 2.38. The maximum absolute atomic E-state index is 12.0. The largest absolute Gasteiger partial charge is 0.355 e. The number of amides is 1. The van der Waals surface area contributed by atoms with Crippen LogP contribution < -0.4 is 5.32 Å². The Morgan fingerprint density at radius 1 is 1.38 bits per heavy atom. The standard InChI is InChI=1S/C8H12N4O3S/c13-8-1-3-12(4-2-9-8)16(14,15)7-5-10-11-6-7/h5-6H,1-4H2,(H,9,13)(H,10,11). The van der Waals surface area contributed by atoms with Crippen LogP contribution in [0.4, 0.5) is 0 Å². The van der Waals surface area contributed by atoms with Gasteiger partial charge in [-0.25, -0.2) is 8.42 Å². The normalized spacial score (nSPS) is 19.1. The van der Waals surface area contributed by atoms with E-state index in [1.165, 1.54) is 16.7 Å². The van der Waals surface area contributed by atoms with E-state index < -0.39 is 10.0 Å². The molecule has 2 rings (SSSR count). The number of nitrogens with zero attached hydrogens (tertiary/aromatic N) is 2. The topological polar surface area (TPSA) is 95.2 Å². The van der Waals surface area contributed by atoms with Crippen molar-refractivity contribution in [3.05, 3.63) is 12.4 Å². The molecule has 0 unspecified atom stereocenters. The van der Waals surface area contributed by atoms with E-state index in [1.807, 2.05) is 0 Å². The summed E-state index contributed by atoms with van der Waals surface area (Å²) in [5.41, 5.74) is 0. The average Bonchev–Trinajstić information content (AvgIpc) is 2.68. The van der Waals surface area contributed by atoms with Crippen molar-refractivity contribution in [2.45, 2.75) is 11.3 Å². The highest BCUT2D eigenvalue weighted by molar-refractivity contribution is 7.89. The second kappa shape index (κ2) is 4.22. The smallest absolute Gasteiger partial charge is 0.246 e. The first kappa shape index (κ1) is 11.1. The van der Waals surface area contributed by atoms with Crippen LogP contribution in [0.25, 0.3) is 0 Å². The fourth-order valence-corrected chi connectivity index (χ4v) is 2.86. The van der Waals surface area contributed by atoms with Gasteiger partial charge in [0.1, 0.15) is 4.90 Å². The lowest BCUT2D eigenvalue weighted by atomic mass is 10.4.